The predicted octanol–water partition coefficient (Wildman–Crippen LogP) is 4.07. The maximum atomic E-state index is 12.9. The van der Waals surface area contributed by atoms with E-state index >= 15 is 0 Å². The summed E-state index contributed by atoms with van der Waals surface area (Å²) >= 11 is 1.35. The van der Waals surface area contributed by atoms with Crippen LogP contribution in [0.25, 0.3) is 6.08 Å². The minimum atomic E-state index is -0.650. The Morgan fingerprint density at radius 2 is 1.88 bits per heavy atom. The number of anilines is 1. The molecule has 0 saturated heterocycles. The zero-order valence-corrected chi connectivity index (χ0v) is 18.9. The molecule has 2 N–H and O–H groups in total. The summed E-state index contributed by atoms with van der Waals surface area (Å²) in [5.74, 6) is -1.02. The van der Waals surface area contributed by atoms with E-state index in [0.717, 1.165) is 36.1 Å². The fraction of sp³-hybridized carbons (Fsp3) is 0.348. The van der Waals surface area contributed by atoms with Crippen LogP contribution in [0.1, 0.15) is 46.1 Å². The predicted molar refractivity (Wildman–Crippen MR) is 120 cm³/mol. The topological polar surface area (TPSA) is 118 Å². The van der Waals surface area contributed by atoms with Gasteiger partial charge in [-0.2, -0.15) is 5.26 Å². The average Bonchev–Trinajstić information content (AvgIpc) is 3.16. The first-order valence-electron chi connectivity index (χ1n) is 10.1. The first kappa shape index (κ1) is 23.2. The van der Waals surface area contributed by atoms with E-state index in [1.165, 1.54) is 43.8 Å². The van der Waals surface area contributed by atoms with Crippen molar-refractivity contribution in [2.24, 2.45) is 0 Å². The SMILES string of the molecule is CCOC(=O)c1c(NC(=O)/C(C#N)=C/c2cc(OC)c(O)c(OC)c2)sc2c1CCCC2. The van der Waals surface area contributed by atoms with E-state index in [-0.39, 0.29) is 29.4 Å². The number of aromatic hydroxyl groups is 1. The van der Waals surface area contributed by atoms with Crippen LogP contribution in [0.3, 0.4) is 0 Å². The number of ether oxygens (including phenoxy) is 3. The zero-order valence-electron chi connectivity index (χ0n) is 18.1. The molecule has 0 saturated carbocycles. The number of benzene rings is 1. The molecule has 3 rings (SSSR count). The van der Waals surface area contributed by atoms with E-state index in [2.05, 4.69) is 5.32 Å². The number of esters is 1. The Kier molecular flexibility index (Phi) is 7.38. The fourth-order valence-corrected chi connectivity index (χ4v) is 4.83. The van der Waals surface area contributed by atoms with E-state index in [4.69, 9.17) is 14.2 Å². The summed E-state index contributed by atoms with van der Waals surface area (Å²) in [4.78, 5) is 26.6. The highest BCUT2D eigenvalue weighted by Crippen LogP contribution is 2.39. The summed E-state index contributed by atoms with van der Waals surface area (Å²) in [6.07, 6.45) is 4.95. The first-order chi connectivity index (χ1) is 15.4. The molecule has 0 bridgehead atoms. The number of nitrogens with one attached hydrogen (secondary N) is 1. The summed E-state index contributed by atoms with van der Waals surface area (Å²) in [6, 6.07) is 4.85. The molecule has 1 aromatic carbocycles. The van der Waals surface area contributed by atoms with Crippen molar-refractivity contribution >= 4 is 34.3 Å². The summed E-state index contributed by atoms with van der Waals surface area (Å²) in [6.45, 7) is 1.95. The molecular formula is C23H24N2O6S. The molecule has 9 heteroatoms. The van der Waals surface area contributed by atoms with E-state index in [1.807, 2.05) is 6.07 Å². The van der Waals surface area contributed by atoms with Crippen LogP contribution >= 0.6 is 11.3 Å². The van der Waals surface area contributed by atoms with Gasteiger partial charge in [0.1, 0.15) is 16.6 Å². The van der Waals surface area contributed by atoms with Gasteiger partial charge in [-0.15, -0.1) is 11.3 Å². The standard InChI is InChI=1S/C23H24N2O6S/c1-4-31-23(28)19-15-7-5-6-8-18(15)32-22(19)25-21(27)14(12-24)9-13-10-16(29-2)20(26)17(11-13)30-3/h9-11,26H,4-8H2,1-3H3,(H,25,27)/b14-9+. The van der Waals surface area contributed by atoms with Crippen LogP contribution in [0, 0.1) is 11.3 Å². The van der Waals surface area contributed by atoms with Crippen LogP contribution in [0.15, 0.2) is 17.7 Å². The van der Waals surface area contributed by atoms with Gasteiger partial charge in [-0.25, -0.2) is 4.79 Å². The van der Waals surface area contributed by atoms with Gasteiger partial charge in [0.25, 0.3) is 5.91 Å². The number of phenolic OH excluding ortho intramolecular Hbond substituents is 1. The van der Waals surface area contributed by atoms with E-state index in [1.54, 1.807) is 6.92 Å². The number of rotatable bonds is 7. The van der Waals surface area contributed by atoms with Crippen LogP contribution in [-0.2, 0) is 22.4 Å². The lowest BCUT2D eigenvalue weighted by Crippen LogP contribution is -2.16. The number of methoxy groups -OCH3 is 2. The maximum absolute atomic E-state index is 12.9. The maximum Gasteiger partial charge on any atom is 0.341 e. The summed E-state index contributed by atoms with van der Waals surface area (Å²) in [5, 5.41) is 22.8. The Balaban J connectivity index is 1.95. The molecule has 1 aromatic heterocycles. The summed E-state index contributed by atoms with van der Waals surface area (Å²) in [7, 11) is 2.77. The Morgan fingerprint density at radius 1 is 1.22 bits per heavy atom. The number of amides is 1. The number of hydrogen-bond donors (Lipinski definition) is 2. The highest BCUT2D eigenvalue weighted by molar-refractivity contribution is 7.17. The molecule has 1 aliphatic carbocycles. The molecule has 0 fully saturated rings. The largest absolute Gasteiger partial charge is 0.502 e. The van der Waals surface area contributed by atoms with Gasteiger partial charge in [0.05, 0.1) is 26.4 Å². The van der Waals surface area contributed by atoms with Crippen LogP contribution in [0.4, 0.5) is 5.00 Å². The van der Waals surface area contributed by atoms with Crippen LogP contribution in [-0.4, -0.2) is 37.8 Å². The monoisotopic (exact) mass is 456 g/mol. The highest BCUT2D eigenvalue weighted by Gasteiger charge is 2.27. The van der Waals surface area contributed by atoms with Gasteiger partial charge in [-0.05, 0) is 61.9 Å². The third-order valence-electron chi connectivity index (χ3n) is 5.06. The Hall–Kier alpha value is -3.51. The second kappa shape index (κ2) is 10.2. The van der Waals surface area contributed by atoms with Crippen molar-refractivity contribution in [1.29, 1.82) is 5.26 Å². The van der Waals surface area contributed by atoms with Gasteiger partial charge in [0.15, 0.2) is 11.5 Å². The molecule has 2 aromatic rings. The lowest BCUT2D eigenvalue weighted by Gasteiger charge is -2.12. The van der Waals surface area contributed by atoms with Crippen molar-refractivity contribution in [3.05, 3.63) is 39.3 Å². The van der Waals surface area contributed by atoms with E-state index < -0.39 is 11.9 Å². The number of carbonyl (C=O) groups is 2. The molecule has 0 aliphatic heterocycles. The number of carbonyl (C=O) groups excluding carboxylic acids is 2. The van der Waals surface area contributed by atoms with Gasteiger partial charge in [0.2, 0.25) is 5.75 Å². The molecule has 32 heavy (non-hydrogen) atoms. The average molecular weight is 457 g/mol. The molecule has 1 amide bonds. The molecule has 0 atom stereocenters. The Bertz CT molecular complexity index is 1090. The van der Waals surface area contributed by atoms with Crippen molar-refractivity contribution in [1.82, 2.24) is 0 Å². The van der Waals surface area contributed by atoms with Crippen LogP contribution in [0.2, 0.25) is 0 Å². The van der Waals surface area contributed by atoms with Gasteiger partial charge in [-0.3, -0.25) is 4.79 Å². The Labute approximate surface area is 190 Å². The minimum absolute atomic E-state index is 0.142. The van der Waals surface area contributed by atoms with Gasteiger partial charge in [-0.1, -0.05) is 0 Å². The van der Waals surface area contributed by atoms with Crippen molar-refractivity contribution in [2.45, 2.75) is 32.6 Å². The second-order valence-corrected chi connectivity index (χ2v) is 8.14. The number of nitriles is 1. The van der Waals surface area contributed by atoms with Crippen molar-refractivity contribution in [2.75, 3.05) is 26.1 Å². The van der Waals surface area contributed by atoms with Crippen LogP contribution in [0.5, 0.6) is 17.2 Å². The van der Waals surface area contributed by atoms with Gasteiger partial charge >= 0.3 is 5.97 Å². The lowest BCUT2D eigenvalue weighted by atomic mass is 9.95. The zero-order chi connectivity index (χ0) is 23.3. The highest BCUT2D eigenvalue weighted by atomic mass is 32.1. The first-order valence-corrected chi connectivity index (χ1v) is 10.9. The van der Waals surface area contributed by atoms with Gasteiger partial charge < -0.3 is 24.6 Å². The van der Waals surface area contributed by atoms with Crippen molar-refractivity contribution < 1.29 is 28.9 Å². The number of nitrogens with zero attached hydrogens (tertiary/aromatic N) is 1. The van der Waals surface area contributed by atoms with Crippen molar-refractivity contribution in [3.8, 4) is 23.3 Å². The summed E-state index contributed by atoms with van der Waals surface area (Å²) in [5.41, 5.74) is 1.55. The van der Waals surface area contributed by atoms with Crippen molar-refractivity contribution in [3.63, 3.8) is 0 Å². The number of hydrogen-bond acceptors (Lipinski definition) is 8. The molecule has 0 radical (unpaired) electrons. The third kappa shape index (κ3) is 4.70. The van der Waals surface area contributed by atoms with E-state index in [9.17, 15) is 20.0 Å². The van der Waals surface area contributed by atoms with Gasteiger partial charge in [0, 0.05) is 4.88 Å². The van der Waals surface area contributed by atoms with E-state index in [0.29, 0.717) is 16.1 Å². The molecule has 0 spiro atoms. The summed E-state index contributed by atoms with van der Waals surface area (Å²) < 4.78 is 15.4. The third-order valence-corrected chi connectivity index (χ3v) is 6.26. The molecule has 8 nitrogen and oxygen atoms in total. The molecule has 168 valence electrons. The Morgan fingerprint density at radius 3 is 2.47 bits per heavy atom. The minimum Gasteiger partial charge on any atom is -0.502 e. The van der Waals surface area contributed by atoms with Crippen LogP contribution < -0.4 is 14.8 Å². The normalized spacial score (nSPS) is 13.0. The molecule has 1 heterocycles. The smallest absolute Gasteiger partial charge is 0.341 e. The quantitative estimate of drug-likeness (QED) is 0.366. The second-order valence-electron chi connectivity index (χ2n) is 7.03. The molecule has 1 aliphatic rings. The lowest BCUT2D eigenvalue weighted by molar-refractivity contribution is -0.112. The number of thiophene rings is 1. The fourth-order valence-electron chi connectivity index (χ4n) is 3.56. The number of aryl methyl sites for hydroxylation is 1. The number of phenols is 1. The number of fused-ring (bicyclic) bond motifs is 1. The molecular weight excluding hydrogens is 432 g/mol. The molecule has 0 unspecified atom stereocenters.